The van der Waals surface area contributed by atoms with E-state index in [1.165, 1.54) is 12.1 Å². The highest BCUT2D eigenvalue weighted by Crippen LogP contribution is 2.37. The van der Waals surface area contributed by atoms with Gasteiger partial charge in [0.05, 0.1) is 0 Å². The summed E-state index contributed by atoms with van der Waals surface area (Å²) >= 11 is 1.87. The number of Topliss-reactive ketones (excluding diaryl/α,β-unsaturated/α-hetero) is 1. The number of carbonyl (C=O) groups excluding carboxylic acids is 1. The number of halogens is 1. The molecule has 1 atom stereocenters. The topological polar surface area (TPSA) is 23.6 Å². The molecule has 2 aliphatic heterocycles. The van der Waals surface area contributed by atoms with Crippen molar-refractivity contribution >= 4 is 23.2 Å². The maximum absolute atomic E-state index is 13.1. The lowest BCUT2D eigenvalue weighted by molar-refractivity contribution is 0.0975. The lowest BCUT2D eigenvalue weighted by Gasteiger charge is -2.36. The summed E-state index contributed by atoms with van der Waals surface area (Å²) in [5.74, 6) is 0.112. The molecule has 0 aromatic heterocycles. The van der Waals surface area contributed by atoms with E-state index in [0.29, 0.717) is 17.5 Å². The third kappa shape index (κ3) is 4.53. The zero-order valence-corrected chi connectivity index (χ0v) is 16.3. The maximum atomic E-state index is 13.1. The Labute approximate surface area is 164 Å². The Balaban J connectivity index is 1.21. The van der Waals surface area contributed by atoms with Crippen LogP contribution in [0.1, 0.15) is 29.6 Å². The predicted octanol–water partition coefficient (Wildman–Crippen LogP) is 4.48. The van der Waals surface area contributed by atoms with Crippen molar-refractivity contribution in [1.82, 2.24) is 4.90 Å². The van der Waals surface area contributed by atoms with E-state index in [2.05, 4.69) is 15.9 Å². The van der Waals surface area contributed by atoms with E-state index in [1.54, 1.807) is 0 Å². The van der Waals surface area contributed by atoms with E-state index in [9.17, 15) is 9.18 Å². The Morgan fingerprint density at radius 1 is 1.00 bits per heavy atom. The molecule has 2 heterocycles. The molecule has 0 N–H and O–H groups in total. The van der Waals surface area contributed by atoms with Crippen LogP contribution in [0.2, 0.25) is 0 Å². The summed E-state index contributed by atoms with van der Waals surface area (Å²) in [6, 6.07) is 14.8. The zero-order chi connectivity index (χ0) is 18.6. The molecule has 0 radical (unpaired) electrons. The van der Waals surface area contributed by atoms with Gasteiger partial charge in [0.1, 0.15) is 5.82 Å². The van der Waals surface area contributed by atoms with E-state index in [0.717, 1.165) is 61.7 Å². The number of rotatable bonds is 5. The van der Waals surface area contributed by atoms with Gasteiger partial charge in [-0.1, -0.05) is 18.2 Å². The number of benzene rings is 2. The number of hydrogen-bond acceptors (Lipinski definition) is 4. The van der Waals surface area contributed by atoms with Crippen LogP contribution in [0, 0.1) is 5.82 Å². The Bertz CT molecular complexity index is 787. The number of carbonyl (C=O) groups is 1. The second-order valence-corrected chi connectivity index (χ2v) is 8.65. The Morgan fingerprint density at radius 2 is 1.74 bits per heavy atom. The molecule has 4 rings (SSSR count). The standard InChI is InChI=1S/C22H25FN2OS/c23-17-7-9-18(10-8-17)25-14-12-24(13-15-25)11-3-4-19-16-21(26)20-5-1-2-6-22(20)27-19/h1-2,5-10,19H,3-4,11-16H2. The average molecular weight is 385 g/mol. The number of ketones is 1. The highest BCUT2D eigenvalue weighted by Gasteiger charge is 2.25. The fraction of sp³-hybridized carbons (Fsp3) is 0.409. The van der Waals surface area contributed by atoms with Gasteiger partial charge in [-0.2, -0.15) is 0 Å². The van der Waals surface area contributed by atoms with Crippen LogP contribution < -0.4 is 4.90 Å². The van der Waals surface area contributed by atoms with Crippen LogP contribution in [-0.4, -0.2) is 48.7 Å². The van der Waals surface area contributed by atoms with Crippen LogP contribution in [-0.2, 0) is 0 Å². The Hall–Kier alpha value is -1.85. The van der Waals surface area contributed by atoms with Gasteiger partial charge in [-0.15, -0.1) is 11.8 Å². The molecule has 2 aromatic rings. The summed E-state index contributed by atoms with van der Waals surface area (Å²) in [6.07, 6.45) is 2.88. The summed E-state index contributed by atoms with van der Waals surface area (Å²) in [4.78, 5) is 18.3. The highest BCUT2D eigenvalue weighted by atomic mass is 32.2. The van der Waals surface area contributed by atoms with Crippen molar-refractivity contribution in [2.24, 2.45) is 0 Å². The van der Waals surface area contributed by atoms with Crippen molar-refractivity contribution in [2.75, 3.05) is 37.6 Å². The molecular formula is C22H25FN2OS. The first-order valence-corrected chi connectivity index (χ1v) is 10.6. The van der Waals surface area contributed by atoms with Crippen molar-refractivity contribution in [2.45, 2.75) is 29.4 Å². The smallest absolute Gasteiger partial charge is 0.165 e. The second kappa shape index (κ2) is 8.44. The van der Waals surface area contributed by atoms with E-state index in [1.807, 2.05) is 42.1 Å². The molecule has 0 amide bonds. The van der Waals surface area contributed by atoms with Gasteiger partial charge in [0.25, 0.3) is 0 Å². The van der Waals surface area contributed by atoms with Gasteiger partial charge in [0, 0.05) is 54.0 Å². The molecule has 1 unspecified atom stereocenters. The van der Waals surface area contributed by atoms with Crippen LogP contribution in [0.15, 0.2) is 53.4 Å². The minimum atomic E-state index is -0.181. The summed E-state index contributed by atoms with van der Waals surface area (Å²) in [5.41, 5.74) is 2.00. The molecule has 2 aromatic carbocycles. The van der Waals surface area contributed by atoms with Gasteiger partial charge < -0.3 is 4.90 Å². The number of fused-ring (bicyclic) bond motifs is 1. The molecule has 27 heavy (non-hydrogen) atoms. The molecule has 0 aliphatic carbocycles. The molecule has 1 saturated heterocycles. The molecule has 0 saturated carbocycles. The predicted molar refractivity (Wildman–Crippen MR) is 109 cm³/mol. The molecule has 0 bridgehead atoms. The lowest BCUT2D eigenvalue weighted by Crippen LogP contribution is -2.46. The zero-order valence-electron chi connectivity index (χ0n) is 15.4. The van der Waals surface area contributed by atoms with Gasteiger partial charge in [-0.05, 0) is 49.7 Å². The van der Waals surface area contributed by atoms with Gasteiger partial charge in [-0.25, -0.2) is 4.39 Å². The van der Waals surface area contributed by atoms with Crippen LogP contribution in [0.25, 0.3) is 0 Å². The number of piperazine rings is 1. The Morgan fingerprint density at radius 3 is 2.52 bits per heavy atom. The van der Waals surface area contributed by atoms with E-state index in [4.69, 9.17) is 0 Å². The van der Waals surface area contributed by atoms with Crippen molar-refractivity contribution in [3.05, 3.63) is 59.9 Å². The number of hydrogen-bond donors (Lipinski definition) is 0. The normalized spacial score (nSPS) is 20.6. The van der Waals surface area contributed by atoms with Gasteiger partial charge >= 0.3 is 0 Å². The summed E-state index contributed by atoms with van der Waals surface area (Å²) in [5, 5.41) is 0.410. The first kappa shape index (κ1) is 18.5. The van der Waals surface area contributed by atoms with E-state index in [-0.39, 0.29) is 5.82 Å². The largest absolute Gasteiger partial charge is 0.369 e. The lowest BCUT2D eigenvalue weighted by atomic mass is 10.0. The number of thioether (sulfide) groups is 1. The summed E-state index contributed by atoms with van der Waals surface area (Å²) < 4.78 is 13.1. The van der Waals surface area contributed by atoms with Gasteiger partial charge in [0.2, 0.25) is 0 Å². The first-order valence-electron chi connectivity index (χ1n) is 9.71. The van der Waals surface area contributed by atoms with Crippen LogP contribution in [0.4, 0.5) is 10.1 Å². The molecule has 1 fully saturated rings. The molecule has 0 spiro atoms. The number of anilines is 1. The average Bonchev–Trinajstić information content (AvgIpc) is 2.69. The van der Waals surface area contributed by atoms with Crippen LogP contribution >= 0.6 is 11.8 Å². The molecule has 5 heteroatoms. The van der Waals surface area contributed by atoms with Crippen LogP contribution in [0.3, 0.4) is 0 Å². The first-order chi connectivity index (χ1) is 13.2. The SMILES string of the molecule is O=C1CC(CCCN2CCN(c3ccc(F)cc3)CC2)Sc2ccccc21. The Kier molecular flexibility index (Phi) is 5.79. The van der Waals surface area contributed by atoms with E-state index >= 15 is 0 Å². The van der Waals surface area contributed by atoms with Crippen molar-refractivity contribution in [3.63, 3.8) is 0 Å². The third-order valence-electron chi connectivity index (χ3n) is 5.46. The van der Waals surface area contributed by atoms with Crippen molar-refractivity contribution in [3.8, 4) is 0 Å². The molecule has 3 nitrogen and oxygen atoms in total. The van der Waals surface area contributed by atoms with Gasteiger partial charge in [0.15, 0.2) is 5.78 Å². The fourth-order valence-electron chi connectivity index (χ4n) is 3.92. The maximum Gasteiger partial charge on any atom is 0.165 e. The second-order valence-electron chi connectivity index (χ2n) is 7.31. The van der Waals surface area contributed by atoms with Gasteiger partial charge in [-0.3, -0.25) is 9.69 Å². The molecule has 2 aliphatic rings. The highest BCUT2D eigenvalue weighted by molar-refractivity contribution is 8.00. The quantitative estimate of drug-likeness (QED) is 0.759. The van der Waals surface area contributed by atoms with Crippen molar-refractivity contribution < 1.29 is 9.18 Å². The monoisotopic (exact) mass is 384 g/mol. The molecular weight excluding hydrogens is 359 g/mol. The summed E-state index contributed by atoms with van der Waals surface area (Å²) in [7, 11) is 0. The minimum absolute atomic E-state index is 0.181. The number of nitrogens with zero attached hydrogens (tertiary/aromatic N) is 2. The molecule has 142 valence electrons. The fourth-order valence-corrected chi connectivity index (χ4v) is 5.27. The van der Waals surface area contributed by atoms with E-state index < -0.39 is 0 Å². The van der Waals surface area contributed by atoms with Crippen molar-refractivity contribution in [1.29, 1.82) is 0 Å². The third-order valence-corrected chi connectivity index (χ3v) is 6.80. The minimum Gasteiger partial charge on any atom is -0.369 e. The summed E-state index contributed by atoms with van der Waals surface area (Å²) in [6.45, 7) is 5.13. The van der Waals surface area contributed by atoms with Crippen LogP contribution in [0.5, 0.6) is 0 Å².